The summed E-state index contributed by atoms with van der Waals surface area (Å²) in [4.78, 5) is 21.1. The number of pyridine rings is 1. The highest BCUT2D eigenvalue weighted by Gasteiger charge is 2.23. The second-order valence-corrected chi connectivity index (χ2v) is 6.49. The van der Waals surface area contributed by atoms with Gasteiger partial charge in [0.1, 0.15) is 0 Å². The molecular formula is C19H19N3O4S. The zero-order valence-corrected chi connectivity index (χ0v) is 16.2. The van der Waals surface area contributed by atoms with Crippen LogP contribution >= 0.6 is 11.3 Å². The van der Waals surface area contributed by atoms with Crippen LogP contribution in [0.25, 0.3) is 21.7 Å². The Bertz CT molecular complexity index is 957. The number of hydrogen-bond donors (Lipinski definition) is 1. The number of aromatic nitrogens is 2. The molecule has 2 heterocycles. The van der Waals surface area contributed by atoms with Gasteiger partial charge in [0, 0.05) is 24.9 Å². The molecule has 1 N–H and O–H groups in total. The van der Waals surface area contributed by atoms with Crippen molar-refractivity contribution < 1.29 is 19.0 Å². The zero-order valence-electron chi connectivity index (χ0n) is 15.4. The molecule has 0 aliphatic rings. The Balaban J connectivity index is 2.24. The summed E-state index contributed by atoms with van der Waals surface area (Å²) in [5, 5.41) is 3.25. The number of rotatable bonds is 6. The van der Waals surface area contributed by atoms with Crippen LogP contribution in [0.1, 0.15) is 6.92 Å². The molecule has 27 heavy (non-hydrogen) atoms. The van der Waals surface area contributed by atoms with Crippen LogP contribution in [0, 0.1) is 0 Å². The van der Waals surface area contributed by atoms with Crippen molar-refractivity contribution in [3.8, 4) is 38.9 Å². The quantitative estimate of drug-likeness (QED) is 0.694. The van der Waals surface area contributed by atoms with Gasteiger partial charge in [-0.3, -0.25) is 9.78 Å². The lowest BCUT2D eigenvalue weighted by molar-refractivity contribution is -0.114. The van der Waals surface area contributed by atoms with Crippen molar-refractivity contribution in [1.29, 1.82) is 0 Å². The molecule has 7 nitrogen and oxygen atoms in total. The van der Waals surface area contributed by atoms with Crippen molar-refractivity contribution in [3.63, 3.8) is 0 Å². The zero-order chi connectivity index (χ0) is 19.4. The summed E-state index contributed by atoms with van der Waals surface area (Å²) in [5.41, 5.74) is 2.34. The summed E-state index contributed by atoms with van der Waals surface area (Å²) in [6, 6.07) is 7.44. The number of thiazole rings is 1. The number of methoxy groups -OCH3 is 3. The fourth-order valence-corrected chi connectivity index (χ4v) is 3.72. The van der Waals surface area contributed by atoms with Crippen molar-refractivity contribution in [2.24, 2.45) is 0 Å². The molecule has 2 aromatic heterocycles. The SMILES string of the molecule is COc1ccc(-c2nc(NC(C)=O)sc2-c2ccncc2)c(OC)c1OC. The normalized spacial score (nSPS) is 10.4. The van der Waals surface area contributed by atoms with Crippen LogP contribution in [-0.2, 0) is 4.79 Å². The third-order valence-corrected chi connectivity index (χ3v) is 4.83. The van der Waals surface area contributed by atoms with E-state index in [9.17, 15) is 4.79 Å². The predicted octanol–water partition coefficient (Wildman–Crippen LogP) is 3.86. The summed E-state index contributed by atoms with van der Waals surface area (Å²) >= 11 is 1.38. The van der Waals surface area contributed by atoms with E-state index in [-0.39, 0.29) is 5.91 Å². The minimum Gasteiger partial charge on any atom is -0.493 e. The molecule has 1 amide bonds. The maximum absolute atomic E-state index is 11.5. The second kappa shape index (κ2) is 8.05. The average molecular weight is 385 g/mol. The van der Waals surface area contributed by atoms with Crippen molar-refractivity contribution in [2.45, 2.75) is 6.92 Å². The first-order valence-electron chi connectivity index (χ1n) is 8.07. The number of anilines is 1. The lowest BCUT2D eigenvalue weighted by atomic mass is 10.1. The lowest BCUT2D eigenvalue weighted by Gasteiger charge is -2.15. The number of carbonyl (C=O) groups excluding carboxylic acids is 1. The molecule has 0 aliphatic carbocycles. The third-order valence-electron chi connectivity index (χ3n) is 3.81. The van der Waals surface area contributed by atoms with Crippen molar-refractivity contribution >= 4 is 22.4 Å². The molecule has 1 aromatic carbocycles. The van der Waals surface area contributed by atoms with Crippen LogP contribution in [0.15, 0.2) is 36.7 Å². The summed E-state index contributed by atoms with van der Waals surface area (Å²) < 4.78 is 16.4. The molecule has 0 bridgehead atoms. The maximum Gasteiger partial charge on any atom is 0.223 e. The minimum atomic E-state index is -0.184. The first-order valence-corrected chi connectivity index (χ1v) is 8.88. The van der Waals surface area contributed by atoms with Gasteiger partial charge in [0.05, 0.1) is 31.9 Å². The van der Waals surface area contributed by atoms with Crippen LogP contribution in [0.2, 0.25) is 0 Å². The van der Waals surface area contributed by atoms with Gasteiger partial charge in [0.15, 0.2) is 16.6 Å². The molecule has 8 heteroatoms. The van der Waals surface area contributed by atoms with Crippen molar-refractivity contribution in [2.75, 3.05) is 26.6 Å². The fraction of sp³-hybridized carbons (Fsp3) is 0.211. The maximum atomic E-state index is 11.5. The molecular weight excluding hydrogens is 366 g/mol. The molecule has 140 valence electrons. The third kappa shape index (κ3) is 3.70. The van der Waals surface area contributed by atoms with Gasteiger partial charge < -0.3 is 19.5 Å². The highest BCUT2D eigenvalue weighted by Crippen LogP contribution is 2.48. The Labute approximate surface area is 161 Å². The molecule has 3 rings (SSSR count). The van der Waals surface area contributed by atoms with E-state index in [1.165, 1.54) is 18.3 Å². The molecule has 0 saturated carbocycles. The number of nitrogens with one attached hydrogen (secondary N) is 1. The molecule has 0 spiro atoms. The van der Waals surface area contributed by atoms with Crippen LogP contribution < -0.4 is 19.5 Å². The van der Waals surface area contributed by atoms with Gasteiger partial charge in [-0.25, -0.2) is 4.98 Å². The highest BCUT2D eigenvalue weighted by atomic mass is 32.1. The molecule has 0 radical (unpaired) electrons. The smallest absolute Gasteiger partial charge is 0.223 e. The van der Waals surface area contributed by atoms with E-state index in [1.54, 1.807) is 39.8 Å². The molecule has 3 aromatic rings. The molecule has 0 unspecified atom stereocenters. The van der Waals surface area contributed by atoms with Crippen LogP contribution in [0.4, 0.5) is 5.13 Å². The molecule has 0 fully saturated rings. The van der Waals surface area contributed by atoms with Gasteiger partial charge in [0.25, 0.3) is 0 Å². The number of ether oxygens (including phenoxy) is 3. The van der Waals surface area contributed by atoms with Crippen LogP contribution in [0.5, 0.6) is 17.2 Å². The standard InChI is InChI=1S/C19H19N3O4S/c1-11(23)21-19-22-15(18(27-19)12-7-9-20-10-8-12)13-5-6-14(24-2)17(26-4)16(13)25-3/h5-10H,1-4H3,(H,21,22,23). The van der Waals surface area contributed by atoms with Gasteiger partial charge in [-0.15, -0.1) is 0 Å². The van der Waals surface area contributed by atoms with E-state index in [2.05, 4.69) is 15.3 Å². The number of benzene rings is 1. The van der Waals surface area contributed by atoms with E-state index in [4.69, 9.17) is 14.2 Å². The first-order chi connectivity index (χ1) is 13.1. The number of nitrogens with zero attached hydrogens (tertiary/aromatic N) is 2. The average Bonchev–Trinajstić information content (AvgIpc) is 3.10. The Morgan fingerprint density at radius 1 is 1.00 bits per heavy atom. The predicted molar refractivity (Wildman–Crippen MR) is 105 cm³/mol. The number of hydrogen-bond acceptors (Lipinski definition) is 7. The number of amides is 1. The Kier molecular flexibility index (Phi) is 5.56. The van der Waals surface area contributed by atoms with E-state index < -0.39 is 0 Å². The fourth-order valence-electron chi connectivity index (χ4n) is 2.69. The highest BCUT2D eigenvalue weighted by molar-refractivity contribution is 7.19. The minimum absolute atomic E-state index is 0.184. The summed E-state index contributed by atoms with van der Waals surface area (Å²) in [6.45, 7) is 1.45. The molecule has 0 saturated heterocycles. The monoisotopic (exact) mass is 385 g/mol. The first kappa shape index (κ1) is 18.7. The van der Waals surface area contributed by atoms with Crippen molar-refractivity contribution in [3.05, 3.63) is 36.7 Å². The van der Waals surface area contributed by atoms with E-state index in [0.717, 1.165) is 16.0 Å². The van der Waals surface area contributed by atoms with E-state index >= 15 is 0 Å². The number of carbonyl (C=O) groups is 1. The van der Waals surface area contributed by atoms with E-state index in [1.807, 2.05) is 18.2 Å². The lowest BCUT2D eigenvalue weighted by Crippen LogP contribution is -2.05. The van der Waals surface area contributed by atoms with Gasteiger partial charge in [-0.1, -0.05) is 11.3 Å². The van der Waals surface area contributed by atoms with Crippen molar-refractivity contribution in [1.82, 2.24) is 9.97 Å². The summed E-state index contributed by atoms with van der Waals surface area (Å²) in [6.07, 6.45) is 3.42. The summed E-state index contributed by atoms with van der Waals surface area (Å²) in [7, 11) is 4.68. The van der Waals surface area contributed by atoms with Crippen LogP contribution in [0.3, 0.4) is 0 Å². The van der Waals surface area contributed by atoms with Gasteiger partial charge in [-0.2, -0.15) is 0 Å². The Morgan fingerprint density at radius 2 is 1.70 bits per heavy atom. The van der Waals surface area contributed by atoms with Gasteiger partial charge in [-0.05, 0) is 29.8 Å². The largest absolute Gasteiger partial charge is 0.493 e. The Morgan fingerprint density at radius 3 is 2.30 bits per heavy atom. The Hall–Kier alpha value is -3.13. The van der Waals surface area contributed by atoms with Crippen LogP contribution in [-0.4, -0.2) is 37.2 Å². The van der Waals surface area contributed by atoms with Gasteiger partial charge >= 0.3 is 0 Å². The molecule has 0 atom stereocenters. The topological polar surface area (TPSA) is 82.6 Å². The van der Waals surface area contributed by atoms with Gasteiger partial charge in [0.2, 0.25) is 11.7 Å². The summed E-state index contributed by atoms with van der Waals surface area (Å²) in [5.74, 6) is 1.36. The second-order valence-electron chi connectivity index (χ2n) is 5.50. The van der Waals surface area contributed by atoms with E-state index in [0.29, 0.717) is 28.1 Å². The molecule has 0 aliphatic heterocycles.